The molecule has 2 aliphatic rings. The summed E-state index contributed by atoms with van der Waals surface area (Å²) in [5, 5.41) is 0.645. The Morgan fingerprint density at radius 2 is 1.76 bits per heavy atom. The molecule has 1 heterocycles. The van der Waals surface area contributed by atoms with Crippen LogP contribution in [0.2, 0.25) is 0 Å². The van der Waals surface area contributed by atoms with E-state index >= 15 is 0 Å². The Bertz CT molecular complexity index is 663. The van der Waals surface area contributed by atoms with Gasteiger partial charge in [0.05, 0.1) is 17.5 Å². The van der Waals surface area contributed by atoms with Crippen LogP contribution in [0.3, 0.4) is 0 Å². The molecule has 1 aromatic rings. The fourth-order valence-electron chi connectivity index (χ4n) is 2.93. The zero-order chi connectivity index (χ0) is 15.1. The number of amides is 2. The number of anilines is 1. The predicted octanol–water partition coefficient (Wildman–Crippen LogP) is 2.91. The summed E-state index contributed by atoms with van der Waals surface area (Å²) in [6.45, 7) is 1.48. The van der Waals surface area contributed by atoms with Crippen molar-refractivity contribution in [2.45, 2.75) is 19.8 Å². The number of allylic oxidation sites excluding steroid dienone is 2. The van der Waals surface area contributed by atoms with Crippen LogP contribution in [-0.4, -0.2) is 17.6 Å². The maximum absolute atomic E-state index is 12.5. The van der Waals surface area contributed by atoms with Crippen molar-refractivity contribution in [3.8, 4) is 0 Å². The van der Waals surface area contributed by atoms with Gasteiger partial charge in [0.1, 0.15) is 0 Å². The molecule has 3 rings (SSSR count). The van der Waals surface area contributed by atoms with Gasteiger partial charge in [0.25, 0.3) is 0 Å². The van der Waals surface area contributed by atoms with E-state index in [9.17, 15) is 14.4 Å². The molecule has 1 fully saturated rings. The third kappa shape index (κ3) is 2.29. The fourth-order valence-corrected chi connectivity index (χ4v) is 3.18. The summed E-state index contributed by atoms with van der Waals surface area (Å²) < 4.78 is 0. The number of nitrogens with zero attached hydrogens (tertiary/aromatic N) is 1. The number of imide groups is 1. The molecule has 0 bridgehead atoms. The summed E-state index contributed by atoms with van der Waals surface area (Å²) >= 11 is 5.99. The standard InChI is InChI=1S/C16H14ClNO3/c1-9(19)10-2-5-12(6-3-10)18-15(20)13-7-4-11(17)8-14(13)16(18)21/h2-6,13-14H,7-8H2,1H3/t13-,14-/m0/s1. The van der Waals surface area contributed by atoms with E-state index < -0.39 is 0 Å². The van der Waals surface area contributed by atoms with Crippen molar-refractivity contribution in [2.24, 2.45) is 11.8 Å². The van der Waals surface area contributed by atoms with Gasteiger partial charge in [-0.25, -0.2) is 0 Å². The van der Waals surface area contributed by atoms with E-state index in [0.29, 0.717) is 29.1 Å². The molecule has 0 unspecified atom stereocenters. The number of ketones is 1. The van der Waals surface area contributed by atoms with Crippen LogP contribution in [0.5, 0.6) is 0 Å². The van der Waals surface area contributed by atoms with E-state index in [1.807, 2.05) is 6.08 Å². The number of Topliss-reactive ketones (excluding diaryl/α,β-unsaturated/α-hetero) is 1. The van der Waals surface area contributed by atoms with Crippen LogP contribution in [-0.2, 0) is 9.59 Å². The first-order valence-electron chi connectivity index (χ1n) is 6.82. The van der Waals surface area contributed by atoms with Gasteiger partial charge >= 0.3 is 0 Å². The average molecular weight is 304 g/mol. The lowest BCUT2D eigenvalue weighted by Crippen LogP contribution is -2.30. The van der Waals surface area contributed by atoms with Crippen molar-refractivity contribution < 1.29 is 14.4 Å². The van der Waals surface area contributed by atoms with Gasteiger partial charge in [0.2, 0.25) is 11.8 Å². The quantitative estimate of drug-likeness (QED) is 0.623. The molecule has 4 nitrogen and oxygen atoms in total. The largest absolute Gasteiger partial charge is 0.295 e. The van der Waals surface area contributed by atoms with Crippen LogP contribution in [0.25, 0.3) is 0 Å². The van der Waals surface area contributed by atoms with Gasteiger partial charge < -0.3 is 0 Å². The highest BCUT2D eigenvalue weighted by Gasteiger charge is 2.48. The topological polar surface area (TPSA) is 54.5 Å². The fraction of sp³-hybridized carbons (Fsp3) is 0.312. The van der Waals surface area contributed by atoms with E-state index in [4.69, 9.17) is 11.6 Å². The highest BCUT2D eigenvalue weighted by atomic mass is 35.5. The Morgan fingerprint density at radius 3 is 2.38 bits per heavy atom. The van der Waals surface area contributed by atoms with Crippen molar-refractivity contribution in [3.63, 3.8) is 0 Å². The van der Waals surface area contributed by atoms with Crippen LogP contribution in [0.4, 0.5) is 5.69 Å². The predicted molar refractivity (Wildman–Crippen MR) is 79.1 cm³/mol. The average Bonchev–Trinajstić information content (AvgIpc) is 2.70. The minimum Gasteiger partial charge on any atom is -0.295 e. The van der Waals surface area contributed by atoms with Crippen LogP contribution in [0, 0.1) is 11.8 Å². The summed E-state index contributed by atoms with van der Waals surface area (Å²) in [5.74, 6) is -1.10. The zero-order valence-corrected chi connectivity index (χ0v) is 12.3. The minimum atomic E-state index is -0.359. The molecule has 1 aliphatic carbocycles. The van der Waals surface area contributed by atoms with Crippen LogP contribution < -0.4 is 4.90 Å². The second-order valence-corrected chi connectivity index (χ2v) is 5.90. The van der Waals surface area contributed by atoms with Crippen LogP contribution >= 0.6 is 11.6 Å². The lowest BCUT2D eigenvalue weighted by molar-refractivity contribution is -0.122. The van der Waals surface area contributed by atoms with Gasteiger partial charge in [-0.2, -0.15) is 0 Å². The summed E-state index contributed by atoms with van der Waals surface area (Å²) in [4.78, 5) is 37.4. The second-order valence-electron chi connectivity index (χ2n) is 5.42. The maximum Gasteiger partial charge on any atom is 0.238 e. The number of rotatable bonds is 2. The summed E-state index contributed by atoms with van der Waals surface area (Å²) in [6, 6.07) is 6.54. The van der Waals surface area contributed by atoms with E-state index in [1.54, 1.807) is 24.3 Å². The third-order valence-electron chi connectivity index (χ3n) is 4.10. The van der Waals surface area contributed by atoms with Gasteiger partial charge in [-0.1, -0.05) is 17.7 Å². The number of fused-ring (bicyclic) bond motifs is 1. The van der Waals surface area contributed by atoms with Gasteiger partial charge in [-0.15, -0.1) is 0 Å². The zero-order valence-electron chi connectivity index (χ0n) is 11.5. The van der Waals surface area contributed by atoms with Gasteiger partial charge in [-0.05, 0) is 44.0 Å². The number of hydrogen-bond donors (Lipinski definition) is 0. The molecule has 108 valence electrons. The highest BCUT2D eigenvalue weighted by Crippen LogP contribution is 2.40. The van der Waals surface area contributed by atoms with Crippen molar-refractivity contribution in [1.29, 1.82) is 0 Å². The monoisotopic (exact) mass is 303 g/mol. The lowest BCUT2D eigenvalue weighted by atomic mass is 9.85. The Hall–Kier alpha value is -1.94. The first-order valence-corrected chi connectivity index (χ1v) is 7.20. The SMILES string of the molecule is CC(=O)c1ccc(N2C(=O)[C@H]3CC=C(Cl)C[C@@H]3C2=O)cc1. The molecule has 1 aromatic carbocycles. The molecule has 0 aromatic heterocycles. The lowest BCUT2D eigenvalue weighted by Gasteiger charge is -2.17. The van der Waals surface area contributed by atoms with E-state index in [-0.39, 0.29) is 29.4 Å². The molecule has 0 saturated carbocycles. The Morgan fingerprint density at radius 1 is 1.14 bits per heavy atom. The molecule has 1 aliphatic heterocycles. The second kappa shape index (κ2) is 5.11. The number of hydrogen-bond acceptors (Lipinski definition) is 3. The van der Waals surface area contributed by atoms with Crippen molar-refractivity contribution in [3.05, 3.63) is 40.9 Å². The van der Waals surface area contributed by atoms with E-state index in [2.05, 4.69) is 0 Å². The number of carbonyl (C=O) groups is 3. The van der Waals surface area contributed by atoms with Gasteiger partial charge in [0.15, 0.2) is 5.78 Å². The number of carbonyl (C=O) groups excluding carboxylic acids is 3. The van der Waals surface area contributed by atoms with Crippen LogP contribution in [0.1, 0.15) is 30.1 Å². The molecule has 0 spiro atoms. The molecule has 21 heavy (non-hydrogen) atoms. The number of benzene rings is 1. The third-order valence-corrected chi connectivity index (χ3v) is 4.41. The molecule has 0 N–H and O–H groups in total. The first-order chi connectivity index (χ1) is 9.99. The first kappa shape index (κ1) is 14.0. The Balaban J connectivity index is 1.91. The van der Waals surface area contributed by atoms with E-state index in [0.717, 1.165) is 0 Å². The number of halogens is 1. The van der Waals surface area contributed by atoms with Crippen molar-refractivity contribution >= 4 is 34.9 Å². The van der Waals surface area contributed by atoms with Gasteiger partial charge in [-0.3, -0.25) is 19.3 Å². The maximum atomic E-state index is 12.5. The van der Waals surface area contributed by atoms with Crippen LogP contribution in [0.15, 0.2) is 35.4 Å². The molecule has 2 atom stereocenters. The molecular formula is C16H14ClNO3. The van der Waals surface area contributed by atoms with Crippen molar-refractivity contribution in [2.75, 3.05) is 4.90 Å². The molecule has 1 saturated heterocycles. The smallest absolute Gasteiger partial charge is 0.238 e. The summed E-state index contributed by atoms with van der Waals surface area (Å²) in [7, 11) is 0. The van der Waals surface area contributed by atoms with E-state index in [1.165, 1.54) is 11.8 Å². The van der Waals surface area contributed by atoms with Crippen molar-refractivity contribution in [1.82, 2.24) is 0 Å². The summed E-state index contributed by atoms with van der Waals surface area (Å²) in [6.07, 6.45) is 2.76. The summed E-state index contributed by atoms with van der Waals surface area (Å²) in [5.41, 5.74) is 1.07. The normalized spacial score (nSPS) is 24.9. The Labute approximate surface area is 127 Å². The Kier molecular flexibility index (Phi) is 3.41. The minimum absolute atomic E-state index is 0.0507. The molecule has 0 radical (unpaired) electrons. The molecule has 2 amide bonds. The highest BCUT2D eigenvalue weighted by molar-refractivity contribution is 6.30. The molecular weight excluding hydrogens is 290 g/mol. The molecule has 5 heteroatoms. The van der Waals surface area contributed by atoms with Gasteiger partial charge in [0, 0.05) is 10.6 Å².